The molecule has 0 atom stereocenters. The molecule has 20 heavy (non-hydrogen) atoms. The lowest BCUT2D eigenvalue weighted by Crippen LogP contribution is -2.38. The van der Waals surface area contributed by atoms with Crippen molar-refractivity contribution in [3.8, 4) is 5.75 Å². The van der Waals surface area contributed by atoms with Gasteiger partial charge in [0.05, 0.1) is 11.0 Å². The van der Waals surface area contributed by atoms with E-state index in [1.807, 2.05) is 7.05 Å². The van der Waals surface area contributed by atoms with E-state index in [1.54, 1.807) is 0 Å². The van der Waals surface area contributed by atoms with Crippen molar-refractivity contribution in [1.82, 2.24) is 5.32 Å². The van der Waals surface area contributed by atoms with E-state index in [2.05, 4.69) is 5.32 Å². The second kappa shape index (κ2) is 5.87. The van der Waals surface area contributed by atoms with Gasteiger partial charge >= 0.3 is 5.69 Å². The molecule has 1 aromatic carbocycles. The van der Waals surface area contributed by atoms with Crippen LogP contribution in [0, 0.1) is 16.0 Å². The lowest BCUT2D eigenvalue weighted by atomic mass is 9.82. The number of nitrogens with one attached hydrogen (secondary N) is 1. The maximum Gasteiger partial charge on any atom is 0.310 e. The first-order valence-corrected chi connectivity index (χ1v) is 6.40. The molecule has 0 aromatic heterocycles. The molecule has 0 heterocycles. The molecule has 0 unspecified atom stereocenters. The second-order valence-electron chi connectivity index (χ2n) is 4.94. The van der Waals surface area contributed by atoms with Crippen LogP contribution in [0.2, 0.25) is 0 Å². The van der Waals surface area contributed by atoms with Crippen molar-refractivity contribution in [3.63, 3.8) is 0 Å². The van der Waals surface area contributed by atoms with E-state index in [0.29, 0.717) is 5.92 Å². The van der Waals surface area contributed by atoms with Gasteiger partial charge in [0, 0.05) is 17.7 Å². The third-order valence-electron chi connectivity index (χ3n) is 3.42. The molecule has 0 aliphatic heterocycles. The number of carbonyl (C=O) groups excluding carboxylic acids is 1. The normalized spacial score (nSPS) is 21.1. The Bertz CT molecular complexity index is 526. The molecule has 0 spiro atoms. The molecule has 7 nitrogen and oxygen atoms in total. The van der Waals surface area contributed by atoms with Crippen LogP contribution in [0.5, 0.6) is 5.75 Å². The third-order valence-corrected chi connectivity index (χ3v) is 3.42. The van der Waals surface area contributed by atoms with Crippen molar-refractivity contribution in [2.24, 2.45) is 11.7 Å². The van der Waals surface area contributed by atoms with Crippen molar-refractivity contribution in [3.05, 3.63) is 33.9 Å². The molecule has 108 valence electrons. The Morgan fingerprint density at radius 2 is 2.25 bits per heavy atom. The highest BCUT2D eigenvalue weighted by molar-refractivity contribution is 5.93. The lowest BCUT2D eigenvalue weighted by Gasteiger charge is -2.35. The van der Waals surface area contributed by atoms with E-state index >= 15 is 0 Å². The number of primary amides is 1. The summed E-state index contributed by atoms with van der Waals surface area (Å²) >= 11 is 0. The van der Waals surface area contributed by atoms with Gasteiger partial charge in [0.15, 0.2) is 5.75 Å². The third kappa shape index (κ3) is 3.05. The minimum Gasteiger partial charge on any atom is -0.483 e. The number of carbonyl (C=O) groups is 1. The number of hydrogen-bond donors (Lipinski definition) is 2. The molecule has 2 rings (SSSR count). The number of amides is 1. The summed E-state index contributed by atoms with van der Waals surface area (Å²) in [5, 5.41) is 14.0. The summed E-state index contributed by atoms with van der Waals surface area (Å²) in [6.45, 7) is 0.906. The van der Waals surface area contributed by atoms with Gasteiger partial charge in [0.1, 0.15) is 0 Å². The number of benzene rings is 1. The number of hydrogen-bond acceptors (Lipinski definition) is 5. The summed E-state index contributed by atoms with van der Waals surface area (Å²) in [7, 11) is 1.88. The van der Waals surface area contributed by atoms with Crippen molar-refractivity contribution in [1.29, 1.82) is 0 Å². The fourth-order valence-corrected chi connectivity index (χ4v) is 2.32. The molecule has 1 fully saturated rings. The van der Waals surface area contributed by atoms with E-state index < -0.39 is 10.8 Å². The van der Waals surface area contributed by atoms with Gasteiger partial charge in [0.25, 0.3) is 0 Å². The zero-order valence-corrected chi connectivity index (χ0v) is 11.2. The molecule has 1 amide bonds. The van der Waals surface area contributed by atoms with Crippen LogP contribution >= 0.6 is 0 Å². The summed E-state index contributed by atoms with van der Waals surface area (Å²) in [5.41, 5.74) is 5.23. The van der Waals surface area contributed by atoms with Gasteiger partial charge in [-0.25, -0.2) is 0 Å². The molecule has 1 aliphatic rings. The molecule has 7 heteroatoms. The fourth-order valence-electron chi connectivity index (χ4n) is 2.32. The smallest absolute Gasteiger partial charge is 0.310 e. The van der Waals surface area contributed by atoms with E-state index in [9.17, 15) is 14.9 Å². The van der Waals surface area contributed by atoms with Crippen LogP contribution in [-0.4, -0.2) is 30.5 Å². The van der Waals surface area contributed by atoms with Crippen LogP contribution in [0.15, 0.2) is 18.2 Å². The number of nitrogens with zero attached hydrogens (tertiary/aromatic N) is 1. The molecular weight excluding hydrogens is 262 g/mol. The molecule has 0 saturated heterocycles. The molecule has 1 aromatic rings. The predicted octanol–water partition coefficient (Wildman–Crippen LogP) is 1.07. The monoisotopic (exact) mass is 279 g/mol. The van der Waals surface area contributed by atoms with E-state index in [4.69, 9.17) is 10.5 Å². The zero-order valence-electron chi connectivity index (χ0n) is 11.2. The number of rotatable bonds is 6. The summed E-state index contributed by atoms with van der Waals surface area (Å²) in [4.78, 5) is 21.6. The van der Waals surface area contributed by atoms with Gasteiger partial charge in [-0.15, -0.1) is 0 Å². The van der Waals surface area contributed by atoms with Crippen LogP contribution in [0.1, 0.15) is 23.2 Å². The Labute approximate surface area is 116 Å². The van der Waals surface area contributed by atoms with Gasteiger partial charge in [-0.2, -0.15) is 0 Å². The maximum atomic E-state index is 11.1. The Morgan fingerprint density at radius 1 is 1.55 bits per heavy atom. The maximum absolute atomic E-state index is 11.1. The Kier molecular flexibility index (Phi) is 4.19. The lowest BCUT2D eigenvalue weighted by molar-refractivity contribution is -0.386. The van der Waals surface area contributed by atoms with Gasteiger partial charge in [-0.05, 0) is 38.4 Å². The minimum absolute atomic E-state index is 0.0461. The van der Waals surface area contributed by atoms with Gasteiger partial charge in [-0.3, -0.25) is 14.9 Å². The van der Waals surface area contributed by atoms with E-state index in [1.165, 1.54) is 18.2 Å². The second-order valence-corrected chi connectivity index (χ2v) is 4.94. The first-order chi connectivity index (χ1) is 9.51. The standard InChI is InChI=1S/C13H17N3O4/c1-15-7-8-4-10(5-8)20-12-6-9(13(14)17)2-3-11(12)16(18)19/h2-3,6,8,10,15H,4-5,7H2,1H3,(H2,14,17). The molecule has 3 N–H and O–H groups in total. The molecule has 1 saturated carbocycles. The summed E-state index contributed by atoms with van der Waals surface area (Å²) in [6, 6.07) is 3.92. The number of nitrogens with two attached hydrogens (primary N) is 1. The topological polar surface area (TPSA) is 107 Å². The molecule has 1 aliphatic carbocycles. The highest BCUT2D eigenvalue weighted by Crippen LogP contribution is 2.35. The predicted molar refractivity (Wildman–Crippen MR) is 72.7 cm³/mol. The zero-order chi connectivity index (χ0) is 14.7. The number of nitro groups is 1. The average Bonchev–Trinajstić information content (AvgIpc) is 2.35. The Balaban J connectivity index is 2.11. The van der Waals surface area contributed by atoms with Gasteiger partial charge in [-0.1, -0.05) is 0 Å². The van der Waals surface area contributed by atoms with Crippen molar-refractivity contribution >= 4 is 11.6 Å². The first-order valence-electron chi connectivity index (χ1n) is 6.40. The SMILES string of the molecule is CNCC1CC(Oc2cc(C(N)=O)ccc2[N+](=O)[O-])C1. The Hall–Kier alpha value is -2.15. The largest absolute Gasteiger partial charge is 0.483 e. The van der Waals surface area contributed by atoms with Gasteiger partial charge < -0.3 is 15.8 Å². The van der Waals surface area contributed by atoms with E-state index in [0.717, 1.165) is 19.4 Å². The molecule has 0 bridgehead atoms. The van der Waals surface area contributed by atoms with Crippen LogP contribution in [-0.2, 0) is 0 Å². The van der Waals surface area contributed by atoms with Crippen molar-refractivity contribution < 1.29 is 14.5 Å². The summed E-state index contributed by atoms with van der Waals surface area (Å²) < 4.78 is 5.63. The first kappa shape index (κ1) is 14.3. The van der Waals surface area contributed by atoms with Crippen LogP contribution in [0.3, 0.4) is 0 Å². The van der Waals surface area contributed by atoms with Gasteiger partial charge in [0.2, 0.25) is 5.91 Å². The summed E-state index contributed by atoms with van der Waals surface area (Å²) in [5.74, 6) is 0.00834. The number of nitro benzene ring substituents is 1. The minimum atomic E-state index is -0.633. The van der Waals surface area contributed by atoms with E-state index in [-0.39, 0.29) is 23.1 Å². The Morgan fingerprint density at radius 3 is 2.80 bits per heavy atom. The fraction of sp³-hybridized carbons (Fsp3) is 0.462. The highest BCUT2D eigenvalue weighted by atomic mass is 16.6. The highest BCUT2D eigenvalue weighted by Gasteiger charge is 2.32. The van der Waals surface area contributed by atoms with Crippen LogP contribution in [0.25, 0.3) is 0 Å². The van der Waals surface area contributed by atoms with Crippen LogP contribution < -0.4 is 15.8 Å². The van der Waals surface area contributed by atoms with Crippen molar-refractivity contribution in [2.75, 3.05) is 13.6 Å². The summed E-state index contributed by atoms with van der Waals surface area (Å²) in [6.07, 6.45) is 1.65. The average molecular weight is 279 g/mol. The number of ether oxygens (including phenoxy) is 1. The van der Waals surface area contributed by atoms with Crippen LogP contribution in [0.4, 0.5) is 5.69 Å². The molecular formula is C13H17N3O4. The quantitative estimate of drug-likeness (QED) is 0.598. The van der Waals surface area contributed by atoms with Crippen molar-refractivity contribution in [2.45, 2.75) is 18.9 Å². The molecule has 0 radical (unpaired) electrons.